The second kappa shape index (κ2) is 7.62. The minimum absolute atomic E-state index is 0.124. The average Bonchev–Trinajstić information content (AvgIpc) is 2.49. The third kappa shape index (κ3) is 4.33. The quantitative estimate of drug-likeness (QED) is 0.814. The van der Waals surface area contributed by atoms with Gasteiger partial charge < -0.3 is 20.1 Å². The molecule has 1 aromatic carbocycles. The molecule has 0 radical (unpaired) electrons. The molecule has 0 unspecified atom stereocenters. The Morgan fingerprint density at radius 1 is 1.20 bits per heavy atom. The van der Waals surface area contributed by atoms with Gasteiger partial charge in [0.25, 0.3) is 0 Å². The fourth-order valence-corrected chi connectivity index (χ4v) is 2.40. The van der Waals surface area contributed by atoms with Gasteiger partial charge >= 0.3 is 6.03 Å². The Morgan fingerprint density at radius 3 is 2.60 bits per heavy atom. The molecule has 0 aromatic heterocycles. The lowest BCUT2D eigenvalue weighted by Gasteiger charge is -2.22. The molecule has 2 amide bonds. The van der Waals surface area contributed by atoms with Gasteiger partial charge in [0.15, 0.2) is 18.2 Å². The predicted octanol–water partition coefficient (Wildman–Crippen LogP) is 2.66. The van der Waals surface area contributed by atoms with Crippen molar-refractivity contribution in [2.24, 2.45) is 0 Å². The number of methoxy groups -OCH3 is 1. The van der Waals surface area contributed by atoms with Gasteiger partial charge in [-0.3, -0.25) is 0 Å². The molecule has 1 aliphatic rings. The van der Waals surface area contributed by atoms with Crippen molar-refractivity contribution in [3.63, 3.8) is 0 Å². The van der Waals surface area contributed by atoms with Gasteiger partial charge in [-0.05, 0) is 25.0 Å². The summed E-state index contributed by atoms with van der Waals surface area (Å²) in [5.74, 6) is 1.27. The van der Waals surface area contributed by atoms with Crippen molar-refractivity contribution in [3.8, 4) is 11.5 Å². The first-order valence-electron chi connectivity index (χ1n) is 7.10. The van der Waals surface area contributed by atoms with Crippen LogP contribution in [0.25, 0.3) is 0 Å². The van der Waals surface area contributed by atoms with Crippen LogP contribution in [0.2, 0.25) is 0 Å². The number of rotatable bonds is 5. The Labute approximate surface area is 119 Å². The summed E-state index contributed by atoms with van der Waals surface area (Å²) in [4.78, 5) is 11.7. The number of hydrogen-bond acceptors (Lipinski definition) is 3. The molecule has 1 aliphatic carbocycles. The summed E-state index contributed by atoms with van der Waals surface area (Å²) in [6.07, 6.45) is 5.81. The van der Waals surface area contributed by atoms with Gasteiger partial charge in [0.2, 0.25) is 0 Å². The van der Waals surface area contributed by atoms with Crippen LogP contribution in [0.4, 0.5) is 4.79 Å². The van der Waals surface area contributed by atoms with E-state index in [1.165, 1.54) is 19.3 Å². The molecule has 5 nitrogen and oxygen atoms in total. The van der Waals surface area contributed by atoms with E-state index in [0.717, 1.165) is 12.8 Å². The van der Waals surface area contributed by atoms with E-state index in [0.29, 0.717) is 17.5 Å². The van der Waals surface area contributed by atoms with Crippen molar-refractivity contribution in [3.05, 3.63) is 24.3 Å². The van der Waals surface area contributed by atoms with Crippen LogP contribution in [0.15, 0.2) is 24.3 Å². The third-order valence-corrected chi connectivity index (χ3v) is 3.47. The summed E-state index contributed by atoms with van der Waals surface area (Å²) in [7, 11) is 1.59. The molecular weight excluding hydrogens is 256 g/mol. The molecule has 0 aliphatic heterocycles. The van der Waals surface area contributed by atoms with Gasteiger partial charge in [0.05, 0.1) is 7.11 Å². The number of amides is 2. The highest BCUT2D eigenvalue weighted by Gasteiger charge is 2.15. The molecule has 1 aromatic rings. The largest absolute Gasteiger partial charge is 0.493 e. The molecule has 20 heavy (non-hydrogen) atoms. The number of carbonyl (C=O) groups is 1. The highest BCUT2D eigenvalue weighted by atomic mass is 16.5. The van der Waals surface area contributed by atoms with Crippen LogP contribution >= 0.6 is 0 Å². The van der Waals surface area contributed by atoms with Gasteiger partial charge in [-0.1, -0.05) is 31.4 Å². The summed E-state index contributed by atoms with van der Waals surface area (Å²) in [6, 6.07) is 7.48. The number of carbonyl (C=O) groups excluding carboxylic acids is 1. The second-order valence-corrected chi connectivity index (χ2v) is 4.92. The fraction of sp³-hybridized carbons (Fsp3) is 0.533. The molecule has 5 heteroatoms. The van der Waals surface area contributed by atoms with Crippen LogP contribution < -0.4 is 20.1 Å². The predicted molar refractivity (Wildman–Crippen MR) is 77.0 cm³/mol. The number of ether oxygens (including phenoxy) is 2. The fourth-order valence-electron chi connectivity index (χ4n) is 2.40. The average molecular weight is 278 g/mol. The molecule has 0 heterocycles. The molecule has 0 spiro atoms. The van der Waals surface area contributed by atoms with Crippen LogP contribution in [0, 0.1) is 0 Å². The Hall–Kier alpha value is -1.91. The summed E-state index contributed by atoms with van der Waals surface area (Å²) < 4.78 is 10.7. The minimum Gasteiger partial charge on any atom is -0.493 e. The molecule has 110 valence electrons. The molecule has 0 atom stereocenters. The van der Waals surface area contributed by atoms with E-state index in [9.17, 15) is 4.79 Å². The van der Waals surface area contributed by atoms with E-state index in [1.807, 2.05) is 18.2 Å². The van der Waals surface area contributed by atoms with Crippen LogP contribution in [0.1, 0.15) is 32.1 Å². The Kier molecular flexibility index (Phi) is 5.53. The molecule has 0 saturated heterocycles. The van der Waals surface area contributed by atoms with E-state index in [2.05, 4.69) is 10.6 Å². The molecule has 2 rings (SSSR count). The zero-order valence-electron chi connectivity index (χ0n) is 11.9. The van der Waals surface area contributed by atoms with Crippen LogP contribution in [-0.4, -0.2) is 25.9 Å². The zero-order chi connectivity index (χ0) is 14.2. The maximum Gasteiger partial charge on any atom is 0.317 e. The first kappa shape index (κ1) is 14.5. The van der Waals surface area contributed by atoms with Crippen molar-refractivity contribution in [1.29, 1.82) is 0 Å². The summed E-state index contributed by atoms with van der Waals surface area (Å²) in [5, 5.41) is 5.67. The van der Waals surface area contributed by atoms with E-state index in [4.69, 9.17) is 9.47 Å². The van der Waals surface area contributed by atoms with E-state index >= 15 is 0 Å². The van der Waals surface area contributed by atoms with Crippen molar-refractivity contribution in [2.75, 3.05) is 13.8 Å². The van der Waals surface area contributed by atoms with Gasteiger partial charge in [0.1, 0.15) is 0 Å². The van der Waals surface area contributed by atoms with Crippen molar-refractivity contribution in [2.45, 2.75) is 38.1 Å². The molecule has 1 fully saturated rings. The number of para-hydroxylation sites is 2. The van der Waals surface area contributed by atoms with Crippen LogP contribution in [0.5, 0.6) is 11.5 Å². The molecule has 0 bridgehead atoms. The standard InChI is InChI=1S/C15H22N2O3/c1-19-13-9-5-6-10-14(13)20-11-16-15(18)17-12-7-3-2-4-8-12/h5-6,9-10,12H,2-4,7-8,11H2,1H3,(H2,16,17,18). The molecule has 2 N–H and O–H groups in total. The third-order valence-electron chi connectivity index (χ3n) is 3.47. The summed E-state index contributed by atoms with van der Waals surface area (Å²) in [5.41, 5.74) is 0. The zero-order valence-corrected chi connectivity index (χ0v) is 11.9. The first-order valence-corrected chi connectivity index (χ1v) is 7.10. The van der Waals surface area contributed by atoms with E-state index in [1.54, 1.807) is 13.2 Å². The first-order chi connectivity index (χ1) is 9.79. The maximum absolute atomic E-state index is 11.7. The molecular formula is C15H22N2O3. The smallest absolute Gasteiger partial charge is 0.317 e. The Bertz CT molecular complexity index is 431. The Balaban J connectivity index is 1.70. The lowest BCUT2D eigenvalue weighted by Crippen LogP contribution is -2.44. The number of nitrogens with one attached hydrogen (secondary N) is 2. The second-order valence-electron chi connectivity index (χ2n) is 4.92. The SMILES string of the molecule is COc1ccccc1OCNC(=O)NC1CCCCC1. The van der Waals surface area contributed by atoms with Gasteiger partial charge in [0, 0.05) is 6.04 Å². The lowest BCUT2D eigenvalue weighted by molar-refractivity contribution is 0.215. The van der Waals surface area contributed by atoms with Crippen molar-refractivity contribution in [1.82, 2.24) is 10.6 Å². The highest BCUT2D eigenvalue weighted by Crippen LogP contribution is 2.25. The van der Waals surface area contributed by atoms with Gasteiger partial charge in [-0.25, -0.2) is 4.79 Å². The van der Waals surface area contributed by atoms with Gasteiger partial charge in [-0.15, -0.1) is 0 Å². The van der Waals surface area contributed by atoms with Crippen molar-refractivity contribution < 1.29 is 14.3 Å². The summed E-state index contributed by atoms with van der Waals surface area (Å²) >= 11 is 0. The topological polar surface area (TPSA) is 59.6 Å². The number of benzene rings is 1. The van der Waals surface area contributed by atoms with Crippen LogP contribution in [-0.2, 0) is 0 Å². The van der Waals surface area contributed by atoms with Crippen molar-refractivity contribution >= 4 is 6.03 Å². The number of hydrogen-bond donors (Lipinski definition) is 2. The molecule has 1 saturated carbocycles. The number of urea groups is 1. The maximum atomic E-state index is 11.7. The van der Waals surface area contributed by atoms with Gasteiger partial charge in [-0.2, -0.15) is 0 Å². The van der Waals surface area contributed by atoms with E-state index in [-0.39, 0.29) is 12.8 Å². The van der Waals surface area contributed by atoms with Crippen LogP contribution in [0.3, 0.4) is 0 Å². The monoisotopic (exact) mass is 278 g/mol. The van der Waals surface area contributed by atoms with E-state index < -0.39 is 0 Å². The Morgan fingerprint density at radius 2 is 1.90 bits per heavy atom. The highest BCUT2D eigenvalue weighted by molar-refractivity contribution is 5.74. The minimum atomic E-state index is -0.174. The lowest BCUT2D eigenvalue weighted by atomic mass is 9.96. The summed E-state index contributed by atoms with van der Waals surface area (Å²) in [6.45, 7) is 0.124. The normalized spacial score (nSPS) is 15.4.